The fraction of sp³-hybridized carbons (Fsp3) is 0.273. The quantitative estimate of drug-likeness (QED) is 0.371. The molecule has 1 aromatic carbocycles. The lowest BCUT2D eigenvalue weighted by Crippen LogP contribution is -2.46. The second-order valence-corrected chi connectivity index (χ2v) is 3.48. The van der Waals surface area contributed by atoms with Crippen molar-refractivity contribution < 1.29 is 41.0 Å². The molecule has 0 radical (unpaired) electrons. The van der Waals surface area contributed by atoms with Gasteiger partial charge in [-0.25, -0.2) is 4.79 Å². The lowest BCUT2D eigenvalue weighted by atomic mass is 10.2. The Kier molecular flexibility index (Phi) is 4.31. The van der Waals surface area contributed by atoms with Gasteiger partial charge in [0.15, 0.2) is 6.29 Å². The van der Waals surface area contributed by atoms with Crippen molar-refractivity contribution >= 4 is 12.3 Å². The number of rotatable bonds is 4. The van der Waals surface area contributed by atoms with Crippen LogP contribution >= 0.6 is 0 Å². The molecule has 0 saturated carbocycles. The number of carbonyl (C=O) groups excluding carboxylic acids is 2. The average molecular weight is 298 g/mol. The summed E-state index contributed by atoms with van der Waals surface area (Å²) in [6, 6.07) is 2.77. The maximum absolute atomic E-state index is 12.7. The highest BCUT2D eigenvalue weighted by Gasteiger charge is 2.65. The normalized spacial score (nSPS) is 11.9. The molecule has 1 aromatic rings. The van der Waals surface area contributed by atoms with Crippen molar-refractivity contribution in [1.29, 1.82) is 0 Å². The zero-order valence-electron chi connectivity index (χ0n) is 9.83. The van der Waals surface area contributed by atoms with E-state index < -0.39 is 23.8 Å². The number of halogens is 5. The molecule has 0 aromatic heterocycles. The Balaban J connectivity index is 3.00. The second kappa shape index (κ2) is 5.43. The fourth-order valence-corrected chi connectivity index (χ4v) is 1.14. The smallest absolute Gasteiger partial charge is 0.465 e. The third-order valence-electron chi connectivity index (χ3n) is 2.15. The van der Waals surface area contributed by atoms with Crippen molar-refractivity contribution in [1.82, 2.24) is 0 Å². The average Bonchev–Trinajstić information content (AvgIpc) is 2.37. The topological polar surface area (TPSA) is 52.6 Å². The van der Waals surface area contributed by atoms with E-state index in [-0.39, 0.29) is 11.3 Å². The van der Waals surface area contributed by atoms with Gasteiger partial charge in [0, 0.05) is 6.07 Å². The molecule has 0 aliphatic rings. The van der Waals surface area contributed by atoms with Crippen LogP contribution in [0.2, 0.25) is 0 Å². The van der Waals surface area contributed by atoms with Crippen molar-refractivity contribution in [2.75, 3.05) is 7.11 Å². The SMILES string of the molecule is COc1cc(OC(=O)C(F)(F)C(F)(F)F)ccc1C=O. The number of carbonyl (C=O) groups is 2. The number of hydrogen-bond donors (Lipinski definition) is 0. The maximum atomic E-state index is 12.7. The minimum Gasteiger partial charge on any atom is -0.496 e. The molecule has 0 saturated heterocycles. The molecule has 1 rings (SSSR count). The minimum atomic E-state index is -6.06. The molecule has 0 unspecified atom stereocenters. The highest BCUT2D eigenvalue weighted by atomic mass is 19.4. The van der Waals surface area contributed by atoms with Crippen LogP contribution in [0.5, 0.6) is 11.5 Å². The summed E-state index contributed by atoms with van der Waals surface area (Å²) in [4.78, 5) is 21.4. The molecule has 0 aliphatic carbocycles. The number of ether oxygens (including phenoxy) is 2. The molecule has 0 heterocycles. The van der Waals surface area contributed by atoms with Crippen LogP contribution in [0, 0.1) is 0 Å². The van der Waals surface area contributed by atoms with Gasteiger partial charge in [-0.15, -0.1) is 0 Å². The Morgan fingerprint density at radius 2 is 1.80 bits per heavy atom. The fourth-order valence-electron chi connectivity index (χ4n) is 1.14. The summed E-state index contributed by atoms with van der Waals surface area (Å²) in [5.74, 6) is -9.16. The van der Waals surface area contributed by atoms with Gasteiger partial charge in [-0.3, -0.25) is 4.79 Å². The highest BCUT2D eigenvalue weighted by molar-refractivity contribution is 5.82. The molecule has 0 amide bonds. The van der Waals surface area contributed by atoms with Crippen LogP contribution in [0.3, 0.4) is 0 Å². The first-order valence-electron chi connectivity index (χ1n) is 4.93. The number of hydrogen-bond acceptors (Lipinski definition) is 4. The van der Waals surface area contributed by atoms with Crippen molar-refractivity contribution in [2.24, 2.45) is 0 Å². The van der Waals surface area contributed by atoms with Crippen LogP contribution in [-0.4, -0.2) is 31.5 Å². The summed E-state index contributed by atoms with van der Waals surface area (Å²) in [5, 5.41) is 0. The molecule has 0 atom stereocenters. The molecular weight excluding hydrogens is 291 g/mol. The van der Waals surface area contributed by atoms with E-state index in [9.17, 15) is 31.5 Å². The van der Waals surface area contributed by atoms with E-state index in [4.69, 9.17) is 0 Å². The van der Waals surface area contributed by atoms with Crippen LogP contribution in [-0.2, 0) is 4.79 Å². The van der Waals surface area contributed by atoms with E-state index in [1.165, 1.54) is 0 Å². The largest absolute Gasteiger partial charge is 0.496 e. The van der Waals surface area contributed by atoms with Crippen LogP contribution in [0.25, 0.3) is 0 Å². The van der Waals surface area contributed by atoms with Crippen LogP contribution in [0.1, 0.15) is 10.4 Å². The summed E-state index contributed by atoms with van der Waals surface area (Å²) in [6.07, 6.45) is -5.69. The maximum Gasteiger partial charge on any atom is 0.465 e. The Bertz CT molecular complexity index is 524. The van der Waals surface area contributed by atoms with Gasteiger partial charge in [0.05, 0.1) is 12.7 Å². The molecule has 4 nitrogen and oxygen atoms in total. The lowest BCUT2D eigenvalue weighted by molar-refractivity contribution is -0.276. The van der Waals surface area contributed by atoms with E-state index in [0.717, 1.165) is 25.3 Å². The number of alkyl halides is 5. The molecule has 110 valence electrons. The van der Waals surface area contributed by atoms with Gasteiger partial charge in [-0.05, 0) is 12.1 Å². The van der Waals surface area contributed by atoms with Gasteiger partial charge >= 0.3 is 18.1 Å². The van der Waals surface area contributed by atoms with Crippen LogP contribution in [0.15, 0.2) is 18.2 Å². The van der Waals surface area contributed by atoms with Crippen molar-refractivity contribution in [2.45, 2.75) is 12.1 Å². The van der Waals surface area contributed by atoms with Gasteiger partial charge in [-0.2, -0.15) is 22.0 Å². The molecule has 0 aliphatic heterocycles. The Morgan fingerprint density at radius 3 is 2.25 bits per heavy atom. The van der Waals surface area contributed by atoms with Crippen LogP contribution in [0.4, 0.5) is 22.0 Å². The summed E-state index contributed by atoms with van der Waals surface area (Å²) < 4.78 is 69.7. The van der Waals surface area contributed by atoms with E-state index in [0.29, 0.717) is 6.29 Å². The summed E-state index contributed by atoms with van der Waals surface area (Å²) in [5.41, 5.74) is 0.00915. The first kappa shape index (κ1) is 15.9. The number of esters is 1. The molecule has 0 bridgehead atoms. The molecular formula is C11H7F5O4. The van der Waals surface area contributed by atoms with Crippen molar-refractivity contribution in [3.8, 4) is 11.5 Å². The Labute approximate surface area is 109 Å². The molecule has 0 N–H and O–H groups in total. The highest BCUT2D eigenvalue weighted by Crippen LogP contribution is 2.37. The van der Waals surface area contributed by atoms with E-state index in [1.54, 1.807) is 0 Å². The lowest BCUT2D eigenvalue weighted by Gasteiger charge is -2.17. The molecule has 0 fully saturated rings. The van der Waals surface area contributed by atoms with Gasteiger partial charge in [0.2, 0.25) is 0 Å². The van der Waals surface area contributed by atoms with Crippen molar-refractivity contribution in [3.63, 3.8) is 0 Å². The summed E-state index contributed by atoms with van der Waals surface area (Å²) >= 11 is 0. The zero-order valence-corrected chi connectivity index (χ0v) is 9.83. The third kappa shape index (κ3) is 3.03. The summed E-state index contributed by atoms with van der Waals surface area (Å²) in [7, 11) is 1.14. The van der Waals surface area contributed by atoms with Crippen LogP contribution < -0.4 is 9.47 Å². The number of aldehydes is 1. The van der Waals surface area contributed by atoms with Gasteiger partial charge in [0.1, 0.15) is 11.5 Å². The van der Waals surface area contributed by atoms with Crippen molar-refractivity contribution in [3.05, 3.63) is 23.8 Å². The van der Waals surface area contributed by atoms with Gasteiger partial charge in [-0.1, -0.05) is 0 Å². The summed E-state index contributed by atoms with van der Waals surface area (Å²) in [6.45, 7) is 0. The standard InChI is InChI=1S/C11H7F5O4/c1-19-8-4-7(3-2-6(8)5-17)20-9(18)10(12,13)11(14,15)16/h2-5H,1H3. The predicted octanol–water partition coefficient (Wildman–Crippen LogP) is 2.61. The van der Waals surface area contributed by atoms with E-state index in [2.05, 4.69) is 9.47 Å². The first-order chi connectivity index (χ1) is 9.13. The van der Waals surface area contributed by atoms with Gasteiger partial charge < -0.3 is 9.47 Å². The third-order valence-corrected chi connectivity index (χ3v) is 2.15. The molecule has 20 heavy (non-hydrogen) atoms. The number of benzene rings is 1. The van der Waals surface area contributed by atoms with Gasteiger partial charge in [0.25, 0.3) is 0 Å². The predicted molar refractivity (Wildman–Crippen MR) is 55.0 cm³/mol. The van der Waals surface area contributed by atoms with E-state index in [1.807, 2.05) is 0 Å². The number of methoxy groups -OCH3 is 1. The van der Waals surface area contributed by atoms with E-state index >= 15 is 0 Å². The zero-order chi connectivity index (χ0) is 15.6. The molecule has 9 heteroatoms. The first-order valence-corrected chi connectivity index (χ1v) is 4.93. The monoisotopic (exact) mass is 298 g/mol. The Hall–Kier alpha value is -2.19. The minimum absolute atomic E-state index is 0.00915. The Morgan fingerprint density at radius 1 is 1.20 bits per heavy atom. The second-order valence-electron chi connectivity index (χ2n) is 3.48. The molecule has 0 spiro atoms.